The second kappa shape index (κ2) is 4.53. The molecular weight excluding hydrogens is 220 g/mol. The van der Waals surface area contributed by atoms with Crippen LogP contribution in [0.4, 0.5) is 0 Å². The SMILES string of the molecule is Cc1nc(C)c(C(=O)N2CCC[C@@H](C)C2)s1. The van der Waals surface area contributed by atoms with E-state index in [4.69, 9.17) is 0 Å². The van der Waals surface area contributed by atoms with Crippen molar-refractivity contribution in [2.45, 2.75) is 33.6 Å². The maximum atomic E-state index is 12.3. The molecule has 1 amide bonds. The minimum atomic E-state index is 0.176. The molecule has 1 saturated heterocycles. The molecule has 0 N–H and O–H groups in total. The van der Waals surface area contributed by atoms with E-state index < -0.39 is 0 Å². The second-order valence-electron chi connectivity index (χ2n) is 4.65. The van der Waals surface area contributed by atoms with Gasteiger partial charge in [-0.1, -0.05) is 6.92 Å². The van der Waals surface area contributed by atoms with Gasteiger partial charge in [0.15, 0.2) is 0 Å². The lowest BCUT2D eigenvalue weighted by Gasteiger charge is -2.30. The zero-order valence-electron chi connectivity index (χ0n) is 10.1. The topological polar surface area (TPSA) is 33.2 Å². The van der Waals surface area contributed by atoms with E-state index in [0.29, 0.717) is 5.92 Å². The van der Waals surface area contributed by atoms with Crippen molar-refractivity contribution >= 4 is 17.2 Å². The minimum Gasteiger partial charge on any atom is -0.338 e. The van der Waals surface area contributed by atoms with E-state index in [2.05, 4.69) is 11.9 Å². The molecule has 0 radical (unpaired) electrons. The van der Waals surface area contributed by atoms with Gasteiger partial charge in [-0.15, -0.1) is 11.3 Å². The smallest absolute Gasteiger partial charge is 0.265 e. The number of carbonyl (C=O) groups is 1. The summed E-state index contributed by atoms with van der Waals surface area (Å²) in [7, 11) is 0. The van der Waals surface area contributed by atoms with Crippen molar-refractivity contribution in [2.75, 3.05) is 13.1 Å². The van der Waals surface area contributed by atoms with Gasteiger partial charge in [0.05, 0.1) is 10.7 Å². The fourth-order valence-electron chi connectivity index (χ4n) is 2.25. The molecule has 0 unspecified atom stereocenters. The Balaban J connectivity index is 2.15. The molecule has 3 nitrogen and oxygen atoms in total. The number of amides is 1. The number of carbonyl (C=O) groups excluding carboxylic acids is 1. The molecule has 1 atom stereocenters. The van der Waals surface area contributed by atoms with Crippen LogP contribution in [-0.2, 0) is 0 Å². The first-order valence-electron chi connectivity index (χ1n) is 5.81. The third-order valence-electron chi connectivity index (χ3n) is 3.04. The van der Waals surface area contributed by atoms with Gasteiger partial charge >= 0.3 is 0 Å². The Labute approximate surface area is 100 Å². The number of aryl methyl sites for hydroxylation is 2. The molecule has 88 valence electrons. The third kappa shape index (κ3) is 2.26. The van der Waals surface area contributed by atoms with Gasteiger partial charge in [0.25, 0.3) is 5.91 Å². The Morgan fingerprint density at radius 1 is 1.50 bits per heavy atom. The van der Waals surface area contributed by atoms with Crippen molar-refractivity contribution in [1.82, 2.24) is 9.88 Å². The molecule has 2 rings (SSSR count). The lowest BCUT2D eigenvalue weighted by Crippen LogP contribution is -2.39. The number of piperidine rings is 1. The highest BCUT2D eigenvalue weighted by atomic mass is 32.1. The summed E-state index contributed by atoms with van der Waals surface area (Å²) in [5.41, 5.74) is 0.880. The molecule has 1 aromatic heterocycles. The maximum Gasteiger partial charge on any atom is 0.265 e. The van der Waals surface area contributed by atoms with Crippen LogP contribution in [0.15, 0.2) is 0 Å². The summed E-state index contributed by atoms with van der Waals surface area (Å²) in [5, 5.41) is 0.978. The Kier molecular flexibility index (Phi) is 3.28. The fraction of sp³-hybridized carbons (Fsp3) is 0.667. The molecule has 0 saturated carbocycles. The van der Waals surface area contributed by atoms with Crippen LogP contribution < -0.4 is 0 Å². The molecule has 1 aromatic rings. The predicted molar refractivity (Wildman–Crippen MR) is 65.9 cm³/mol. The highest BCUT2D eigenvalue weighted by Gasteiger charge is 2.24. The lowest BCUT2D eigenvalue weighted by molar-refractivity contribution is 0.0687. The van der Waals surface area contributed by atoms with E-state index in [-0.39, 0.29) is 5.91 Å². The summed E-state index contributed by atoms with van der Waals surface area (Å²) in [6, 6.07) is 0. The van der Waals surface area contributed by atoms with E-state index in [1.54, 1.807) is 0 Å². The molecule has 16 heavy (non-hydrogen) atoms. The maximum absolute atomic E-state index is 12.3. The zero-order chi connectivity index (χ0) is 11.7. The summed E-state index contributed by atoms with van der Waals surface area (Å²) in [5.74, 6) is 0.807. The number of likely N-dealkylation sites (tertiary alicyclic amines) is 1. The van der Waals surface area contributed by atoms with Crippen molar-refractivity contribution < 1.29 is 4.79 Å². The van der Waals surface area contributed by atoms with Crippen molar-refractivity contribution in [3.8, 4) is 0 Å². The lowest BCUT2D eigenvalue weighted by atomic mass is 10.0. The van der Waals surface area contributed by atoms with Gasteiger partial charge in [-0.05, 0) is 32.6 Å². The number of rotatable bonds is 1. The van der Waals surface area contributed by atoms with E-state index >= 15 is 0 Å². The number of aromatic nitrogens is 1. The van der Waals surface area contributed by atoms with Gasteiger partial charge in [-0.25, -0.2) is 4.98 Å². The Hall–Kier alpha value is -0.900. The molecule has 4 heteroatoms. The van der Waals surface area contributed by atoms with Gasteiger partial charge < -0.3 is 4.90 Å². The summed E-state index contributed by atoms with van der Waals surface area (Å²) < 4.78 is 0. The third-order valence-corrected chi connectivity index (χ3v) is 4.10. The van der Waals surface area contributed by atoms with Crippen LogP contribution in [-0.4, -0.2) is 28.9 Å². The van der Waals surface area contributed by atoms with Crippen LogP contribution in [0.5, 0.6) is 0 Å². The highest BCUT2D eigenvalue weighted by molar-refractivity contribution is 7.13. The second-order valence-corrected chi connectivity index (χ2v) is 5.85. The quantitative estimate of drug-likeness (QED) is 0.753. The first kappa shape index (κ1) is 11.6. The monoisotopic (exact) mass is 238 g/mol. The largest absolute Gasteiger partial charge is 0.338 e. The van der Waals surface area contributed by atoms with Gasteiger partial charge in [-0.3, -0.25) is 4.79 Å². The van der Waals surface area contributed by atoms with Crippen LogP contribution in [0.25, 0.3) is 0 Å². The first-order chi connectivity index (χ1) is 7.58. The number of nitrogens with zero attached hydrogens (tertiary/aromatic N) is 2. The molecule has 0 aromatic carbocycles. The Morgan fingerprint density at radius 2 is 2.25 bits per heavy atom. The van der Waals surface area contributed by atoms with Crippen molar-refractivity contribution in [1.29, 1.82) is 0 Å². The number of hydrogen-bond donors (Lipinski definition) is 0. The summed E-state index contributed by atoms with van der Waals surface area (Å²) in [6.07, 6.45) is 2.37. The summed E-state index contributed by atoms with van der Waals surface area (Å²) in [4.78, 5) is 19.4. The minimum absolute atomic E-state index is 0.176. The van der Waals surface area contributed by atoms with Gasteiger partial charge in [0.1, 0.15) is 4.88 Å². The average Bonchev–Trinajstić information content (AvgIpc) is 2.57. The molecule has 0 bridgehead atoms. The van der Waals surface area contributed by atoms with Crippen LogP contribution >= 0.6 is 11.3 Å². The zero-order valence-corrected chi connectivity index (χ0v) is 10.9. The van der Waals surface area contributed by atoms with E-state index in [9.17, 15) is 4.79 Å². The van der Waals surface area contributed by atoms with E-state index in [1.807, 2.05) is 18.7 Å². The van der Waals surface area contributed by atoms with Crippen LogP contribution in [0.1, 0.15) is 40.1 Å². The molecular formula is C12H18N2OS. The van der Waals surface area contributed by atoms with E-state index in [0.717, 1.165) is 35.1 Å². The van der Waals surface area contributed by atoms with E-state index in [1.165, 1.54) is 17.8 Å². The van der Waals surface area contributed by atoms with Gasteiger partial charge in [-0.2, -0.15) is 0 Å². The molecule has 1 aliphatic heterocycles. The van der Waals surface area contributed by atoms with Crippen molar-refractivity contribution in [2.24, 2.45) is 5.92 Å². The van der Waals surface area contributed by atoms with Crippen molar-refractivity contribution in [3.63, 3.8) is 0 Å². The summed E-state index contributed by atoms with van der Waals surface area (Å²) >= 11 is 1.52. The van der Waals surface area contributed by atoms with Crippen LogP contribution in [0.3, 0.4) is 0 Å². The van der Waals surface area contributed by atoms with Gasteiger partial charge in [0.2, 0.25) is 0 Å². The predicted octanol–water partition coefficient (Wildman–Crippen LogP) is 2.63. The molecule has 0 spiro atoms. The fourth-order valence-corrected chi connectivity index (χ4v) is 3.13. The van der Waals surface area contributed by atoms with Crippen molar-refractivity contribution in [3.05, 3.63) is 15.6 Å². The molecule has 2 heterocycles. The summed E-state index contributed by atoms with van der Waals surface area (Å²) in [6.45, 7) is 7.89. The van der Waals surface area contributed by atoms with Crippen LogP contribution in [0.2, 0.25) is 0 Å². The molecule has 1 aliphatic rings. The van der Waals surface area contributed by atoms with Crippen LogP contribution in [0, 0.1) is 19.8 Å². The normalized spacial score (nSPS) is 21.2. The number of hydrogen-bond acceptors (Lipinski definition) is 3. The average molecular weight is 238 g/mol. The van der Waals surface area contributed by atoms with Gasteiger partial charge in [0, 0.05) is 13.1 Å². The first-order valence-corrected chi connectivity index (χ1v) is 6.63. The molecule has 1 fully saturated rings. The Bertz CT molecular complexity index is 400. The standard InChI is InChI=1S/C12H18N2OS/c1-8-5-4-6-14(7-8)12(15)11-9(2)13-10(3)16-11/h8H,4-7H2,1-3H3/t8-/m1/s1. The Morgan fingerprint density at radius 3 is 2.81 bits per heavy atom. The number of thiazole rings is 1. The highest BCUT2D eigenvalue weighted by Crippen LogP contribution is 2.23. The molecule has 0 aliphatic carbocycles.